The van der Waals surface area contributed by atoms with Crippen molar-refractivity contribution in [1.29, 1.82) is 5.26 Å². The summed E-state index contributed by atoms with van der Waals surface area (Å²) in [6, 6.07) is 7.95. The fourth-order valence-corrected chi connectivity index (χ4v) is 4.78. The first-order valence-electron chi connectivity index (χ1n) is 11.3. The predicted octanol–water partition coefficient (Wildman–Crippen LogP) is 4.89. The maximum atomic E-state index is 8.99. The number of rotatable bonds is 7. The molecule has 10 heteroatoms. The van der Waals surface area contributed by atoms with Crippen LogP contribution in [-0.2, 0) is 0 Å². The predicted molar refractivity (Wildman–Crippen MR) is 137 cm³/mol. The van der Waals surface area contributed by atoms with E-state index >= 15 is 0 Å². The van der Waals surface area contributed by atoms with Gasteiger partial charge in [-0.2, -0.15) is 5.26 Å². The van der Waals surface area contributed by atoms with E-state index in [1.807, 2.05) is 32.0 Å². The number of hydrogen-bond acceptors (Lipinski definition) is 9. The average molecular weight is 497 g/mol. The van der Waals surface area contributed by atoms with E-state index in [9.17, 15) is 0 Å². The Kier molecular flexibility index (Phi) is 7.12. The van der Waals surface area contributed by atoms with Crippen LogP contribution in [0.3, 0.4) is 0 Å². The van der Waals surface area contributed by atoms with Crippen molar-refractivity contribution >= 4 is 46.2 Å². The zero-order chi connectivity index (χ0) is 24.3. The molecular weight excluding hydrogens is 468 g/mol. The van der Waals surface area contributed by atoms with Gasteiger partial charge in [-0.15, -0.1) is 0 Å². The van der Waals surface area contributed by atoms with Crippen molar-refractivity contribution in [3.63, 3.8) is 0 Å². The van der Waals surface area contributed by atoms with E-state index in [1.54, 1.807) is 12.4 Å². The molecule has 1 aliphatic heterocycles. The Morgan fingerprint density at radius 2 is 2.00 bits per heavy atom. The first-order valence-corrected chi connectivity index (χ1v) is 12.5. The molecule has 0 aliphatic carbocycles. The molecular formula is C24H29ClN8S. The molecule has 0 saturated carbocycles. The Hall–Kier alpha value is -2.67. The Labute approximate surface area is 209 Å². The van der Waals surface area contributed by atoms with Crippen LogP contribution in [0, 0.1) is 16.7 Å². The fraction of sp³-hybridized carbons (Fsp3) is 0.458. The van der Waals surface area contributed by atoms with Crippen LogP contribution in [-0.4, -0.2) is 45.1 Å². The second-order valence-corrected chi connectivity index (χ2v) is 11.2. The minimum atomic E-state index is -0.182. The minimum Gasteiger partial charge on any atom is -0.368 e. The lowest BCUT2D eigenvalue weighted by Gasteiger charge is -2.37. The number of hydrogen-bond donors (Lipinski definition) is 2. The lowest BCUT2D eigenvalue weighted by atomic mass is 9.90. The Balaban J connectivity index is 1.48. The van der Waals surface area contributed by atoms with Gasteiger partial charge >= 0.3 is 0 Å². The summed E-state index contributed by atoms with van der Waals surface area (Å²) in [5.41, 5.74) is 7.31. The van der Waals surface area contributed by atoms with Gasteiger partial charge in [-0.25, -0.2) is 19.9 Å². The molecule has 178 valence electrons. The Bertz CT molecular complexity index is 1210. The number of anilines is 2. The van der Waals surface area contributed by atoms with Gasteiger partial charge < -0.3 is 16.0 Å². The van der Waals surface area contributed by atoms with E-state index in [-0.39, 0.29) is 11.0 Å². The highest BCUT2D eigenvalue weighted by Crippen LogP contribution is 2.36. The van der Waals surface area contributed by atoms with Crippen molar-refractivity contribution in [3.8, 4) is 6.07 Å². The van der Waals surface area contributed by atoms with Crippen LogP contribution in [0.4, 0.5) is 11.6 Å². The van der Waals surface area contributed by atoms with E-state index in [2.05, 4.69) is 38.2 Å². The number of nitrogens with one attached hydrogen (secondary N) is 1. The number of fused-ring (bicyclic) bond motifs is 1. The highest BCUT2D eigenvalue weighted by atomic mass is 35.5. The Morgan fingerprint density at radius 3 is 2.74 bits per heavy atom. The lowest BCUT2D eigenvalue weighted by molar-refractivity contribution is 0.363. The maximum Gasteiger partial charge on any atom is 0.179 e. The molecule has 8 nitrogen and oxygen atoms in total. The topological polar surface area (TPSA) is 117 Å². The zero-order valence-electron chi connectivity index (χ0n) is 19.7. The largest absolute Gasteiger partial charge is 0.368 e. The van der Waals surface area contributed by atoms with Crippen molar-refractivity contribution in [2.45, 2.75) is 55.5 Å². The molecule has 4 heterocycles. The van der Waals surface area contributed by atoms with Crippen LogP contribution in [0.25, 0.3) is 11.2 Å². The van der Waals surface area contributed by atoms with Crippen molar-refractivity contribution < 1.29 is 0 Å². The summed E-state index contributed by atoms with van der Waals surface area (Å²) in [5, 5.41) is 13.6. The summed E-state index contributed by atoms with van der Waals surface area (Å²) >= 11 is 8.08. The quantitative estimate of drug-likeness (QED) is 0.471. The van der Waals surface area contributed by atoms with Crippen LogP contribution in [0.15, 0.2) is 40.5 Å². The molecule has 34 heavy (non-hydrogen) atoms. The van der Waals surface area contributed by atoms with Crippen molar-refractivity contribution in [1.82, 2.24) is 19.9 Å². The molecule has 0 radical (unpaired) electrons. The molecule has 3 aromatic rings. The molecule has 0 atom stereocenters. The lowest BCUT2D eigenvalue weighted by Crippen LogP contribution is -2.48. The van der Waals surface area contributed by atoms with Gasteiger partial charge in [0.05, 0.1) is 17.3 Å². The van der Waals surface area contributed by atoms with Crippen molar-refractivity contribution in [2.75, 3.05) is 29.9 Å². The van der Waals surface area contributed by atoms with Crippen LogP contribution in [0.5, 0.6) is 0 Å². The van der Waals surface area contributed by atoms with Crippen LogP contribution >= 0.6 is 23.4 Å². The number of nitriles is 1. The molecule has 0 spiro atoms. The summed E-state index contributed by atoms with van der Waals surface area (Å²) in [6.45, 7) is 8.50. The number of pyridine rings is 2. The van der Waals surface area contributed by atoms with Crippen LogP contribution in [0.1, 0.15) is 40.0 Å². The third-order valence-electron chi connectivity index (χ3n) is 5.96. The van der Waals surface area contributed by atoms with Gasteiger partial charge in [-0.3, -0.25) is 0 Å². The number of halogens is 1. The molecule has 0 bridgehead atoms. The van der Waals surface area contributed by atoms with Gasteiger partial charge in [0.2, 0.25) is 0 Å². The molecule has 4 rings (SSSR count). The summed E-state index contributed by atoms with van der Waals surface area (Å²) < 4.78 is 0. The minimum absolute atomic E-state index is 0.106. The highest BCUT2D eigenvalue weighted by Gasteiger charge is 2.26. The van der Waals surface area contributed by atoms with Gasteiger partial charge in [-0.1, -0.05) is 37.2 Å². The Morgan fingerprint density at radius 1 is 1.24 bits per heavy atom. The average Bonchev–Trinajstić information content (AvgIpc) is 2.79. The normalized spacial score (nSPS) is 15.8. The monoisotopic (exact) mass is 496 g/mol. The van der Waals surface area contributed by atoms with Crippen LogP contribution < -0.4 is 16.0 Å². The van der Waals surface area contributed by atoms with Gasteiger partial charge in [0.15, 0.2) is 5.65 Å². The number of piperidine rings is 1. The number of aromatic nitrogens is 4. The van der Waals surface area contributed by atoms with E-state index in [0.29, 0.717) is 29.5 Å². The summed E-state index contributed by atoms with van der Waals surface area (Å²) in [5.74, 6) is 1.45. The van der Waals surface area contributed by atoms with Gasteiger partial charge in [0.25, 0.3) is 0 Å². The molecule has 3 N–H and O–H groups in total. The van der Waals surface area contributed by atoms with E-state index in [1.165, 1.54) is 11.8 Å². The summed E-state index contributed by atoms with van der Waals surface area (Å²) in [4.78, 5) is 21.4. The smallest absolute Gasteiger partial charge is 0.179 e. The van der Waals surface area contributed by atoms with Crippen molar-refractivity contribution in [3.05, 3.63) is 35.6 Å². The summed E-state index contributed by atoms with van der Waals surface area (Å²) in [7, 11) is 0. The zero-order valence-corrected chi connectivity index (χ0v) is 21.2. The molecule has 0 amide bonds. The SMILES string of the molecule is CC(C)(CC#N)CNc1nccc(Sc2ccc3nc(N4CCC(C)(N)CC4)cnc3n2)c1Cl. The molecule has 3 aromatic heterocycles. The van der Waals surface area contributed by atoms with Gasteiger partial charge in [-0.05, 0) is 43.4 Å². The van der Waals surface area contributed by atoms with E-state index in [0.717, 1.165) is 47.2 Å². The second-order valence-electron chi connectivity index (χ2n) is 9.79. The molecule has 1 saturated heterocycles. The third-order valence-corrected chi connectivity index (χ3v) is 7.45. The highest BCUT2D eigenvalue weighted by molar-refractivity contribution is 7.99. The van der Waals surface area contributed by atoms with E-state index < -0.39 is 0 Å². The third kappa shape index (κ3) is 5.87. The van der Waals surface area contributed by atoms with Gasteiger partial charge in [0.1, 0.15) is 22.2 Å². The maximum absolute atomic E-state index is 8.99. The molecule has 1 aliphatic rings. The molecule has 0 aromatic carbocycles. The standard InChI is InChI=1S/C24H29ClN8S/c1-23(2,7-10-26)15-30-22-20(25)17(6-11-28-22)34-19-5-4-16-21(32-19)29-14-18(31-16)33-12-8-24(3,27)9-13-33/h4-6,11,14H,7-9,12-13,15,27H2,1-3H3,(H,28,30). The molecule has 1 fully saturated rings. The molecule has 0 unspecified atom stereocenters. The first kappa shape index (κ1) is 24.5. The number of nitrogens with two attached hydrogens (primary N) is 1. The fourth-order valence-electron chi connectivity index (χ4n) is 3.67. The second kappa shape index (κ2) is 9.90. The van der Waals surface area contributed by atoms with Crippen LogP contribution in [0.2, 0.25) is 5.02 Å². The summed E-state index contributed by atoms with van der Waals surface area (Å²) in [6.07, 6.45) is 5.80. The van der Waals surface area contributed by atoms with E-state index in [4.69, 9.17) is 27.6 Å². The number of nitrogens with zero attached hydrogens (tertiary/aromatic N) is 6. The van der Waals surface area contributed by atoms with Crippen molar-refractivity contribution in [2.24, 2.45) is 11.1 Å². The first-order chi connectivity index (χ1) is 16.2. The van der Waals surface area contributed by atoms with Gasteiger partial charge in [0, 0.05) is 42.7 Å².